The molecule has 2 N–H and O–H groups in total. The molecule has 0 aliphatic carbocycles. The summed E-state index contributed by atoms with van der Waals surface area (Å²) in [6, 6.07) is 15.7. The SMILES string of the molecule is CC(=O)Nc1cccc(Sc2ccc(C(=O)N[C@@H]3C[C@H]4CCN(C4)C3)cc2)c1. The van der Waals surface area contributed by atoms with Gasteiger partial charge in [0, 0.05) is 47.1 Å². The Bertz CT molecular complexity index is 856. The second kappa shape index (κ2) is 8.37. The van der Waals surface area contributed by atoms with E-state index in [-0.39, 0.29) is 17.9 Å². The van der Waals surface area contributed by atoms with E-state index in [1.54, 1.807) is 11.8 Å². The molecular formula is C22H25N3O2S. The molecule has 0 aromatic heterocycles. The van der Waals surface area contributed by atoms with Gasteiger partial charge in [0.2, 0.25) is 5.91 Å². The Morgan fingerprint density at radius 1 is 1.07 bits per heavy atom. The van der Waals surface area contributed by atoms with Gasteiger partial charge in [0.1, 0.15) is 0 Å². The highest BCUT2D eigenvalue weighted by molar-refractivity contribution is 7.99. The van der Waals surface area contributed by atoms with E-state index in [0.717, 1.165) is 34.4 Å². The van der Waals surface area contributed by atoms with Crippen molar-refractivity contribution in [2.75, 3.05) is 25.0 Å². The average molecular weight is 396 g/mol. The smallest absolute Gasteiger partial charge is 0.251 e. The highest BCUT2D eigenvalue weighted by Gasteiger charge is 2.32. The van der Waals surface area contributed by atoms with E-state index in [2.05, 4.69) is 15.5 Å². The van der Waals surface area contributed by atoms with E-state index in [1.807, 2.05) is 48.5 Å². The highest BCUT2D eigenvalue weighted by Crippen LogP contribution is 2.30. The van der Waals surface area contributed by atoms with Gasteiger partial charge < -0.3 is 15.5 Å². The molecule has 0 radical (unpaired) electrons. The number of carbonyl (C=O) groups excluding carboxylic acids is 2. The van der Waals surface area contributed by atoms with Gasteiger partial charge in [0.15, 0.2) is 0 Å². The largest absolute Gasteiger partial charge is 0.348 e. The normalized spacial score (nSPS) is 23.2. The molecule has 3 atom stereocenters. The first kappa shape index (κ1) is 19.0. The molecule has 6 heteroatoms. The molecule has 2 aromatic carbocycles. The van der Waals surface area contributed by atoms with E-state index in [0.29, 0.717) is 5.56 Å². The molecule has 0 saturated carbocycles. The number of rotatable bonds is 5. The van der Waals surface area contributed by atoms with Gasteiger partial charge in [-0.3, -0.25) is 9.59 Å². The zero-order valence-electron chi connectivity index (χ0n) is 16.0. The van der Waals surface area contributed by atoms with Gasteiger partial charge in [-0.05, 0) is 67.8 Å². The fourth-order valence-corrected chi connectivity index (χ4v) is 4.96. The standard InChI is InChI=1S/C22H25N3O2S/c1-15(26)23-18-3-2-4-21(12-18)28-20-7-5-17(6-8-20)22(27)24-19-11-16-9-10-25(13-16)14-19/h2-8,12,16,19H,9-11,13-14H2,1H3,(H,23,26)(H,24,27)/t16-,19-/m1/s1. The van der Waals surface area contributed by atoms with Gasteiger partial charge in [0.05, 0.1) is 0 Å². The number of carbonyl (C=O) groups is 2. The van der Waals surface area contributed by atoms with Crippen LogP contribution >= 0.6 is 11.8 Å². The number of fused-ring (bicyclic) bond motifs is 2. The Labute approximate surface area is 169 Å². The lowest BCUT2D eigenvalue weighted by Gasteiger charge is -2.30. The van der Waals surface area contributed by atoms with Gasteiger partial charge in [-0.15, -0.1) is 0 Å². The molecule has 2 bridgehead atoms. The van der Waals surface area contributed by atoms with Gasteiger partial charge in [-0.25, -0.2) is 0 Å². The van der Waals surface area contributed by atoms with Crippen molar-refractivity contribution in [1.82, 2.24) is 10.2 Å². The third-order valence-electron chi connectivity index (χ3n) is 5.31. The minimum absolute atomic E-state index is 0.0108. The van der Waals surface area contributed by atoms with E-state index in [4.69, 9.17) is 0 Å². The molecule has 2 fully saturated rings. The summed E-state index contributed by atoms with van der Waals surface area (Å²) in [6.45, 7) is 4.84. The van der Waals surface area contributed by atoms with Crippen LogP contribution in [0.15, 0.2) is 58.3 Å². The van der Waals surface area contributed by atoms with Gasteiger partial charge in [-0.1, -0.05) is 17.8 Å². The van der Waals surface area contributed by atoms with Crippen LogP contribution in [0.3, 0.4) is 0 Å². The molecule has 2 saturated heterocycles. The average Bonchev–Trinajstić information content (AvgIpc) is 3.00. The quantitative estimate of drug-likeness (QED) is 0.812. The Morgan fingerprint density at radius 3 is 2.64 bits per heavy atom. The Morgan fingerprint density at radius 2 is 1.89 bits per heavy atom. The second-order valence-electron chi connectivity index (χ2n) is 7.66. The topological polar surface area (TPSA) is 61.4 Å². The molecule has 5 nitrogen and oxygen atoms in total. The van der Waals surface area contributed by atoms with Crippen molar-refractivity contribution in [1.29, 1.82) is 0 Å². The maximum absolute atomic E-state index is 12.6. The van der Waals surface area contributed by atoms with Crippen LogP contribution in [0, 0.1) is 5.92 Å². The predicted octanol–water partition coefficient (Wildman–Crippen LogP) is 3.62. The highest BCUT2D eigenvalue weighted by atomic mass is 32.2. The van der Waals surface area contributed by atoms with Crippen LogP contribution in [0.25, 0.3) is 0 Å². The van der Waals surface area contributed by atoms with Crippen LogP contribution in [0.5, 0.6) is 0 Å². The van der Waals surface area contributed by atoms with Crippen LogP contribution in [-0.2, 0) is 4.79 Å². The number of hydrogen-bond acceptors (Lipinski definition) is 4. The van der Waals surface area contributed by atoms with Crippen molar-refractivity contribution < 1.29 is 9.59 Å². The fourth-order valence-electron chi connectivity index (χ4n) is 4.08. The van der Waals surface area contributed by atoms with Crippen molar-refractivity contribution in [2.24, 2.45) is 5.92 Å². The van der Waals surface area contributed by atoms with Crippen LogP contribution in [0.4, 0.5) is 5.69 Å². The van der Waals surface area contributed by atoms with Gasteiger partial charge in [0.25, 0.3) is 5.91 Å². The lowest BCUT2D eigenvalue weighted by atomic mass is 9.96. The lowest BCUT2D eigenvalue weighted by molar-refractivity contribution is -0.114. The van der Waals surface area contributed by atoms with Crippen molar-refractivity contribution in [3.63, 3.8) is 0 Å². The van der Waals surface area contributed by atoms with Crippen molar-refractivity contribution >= 4 is 29.3 Å². The number of nitrogens with one attached hydrogen (secondary N) is 2. The Kier molecular flexibility index (Phi) is 5.69. The van der Waals surface area contributed by atoms with Gasteiger partial charge in [-0.2, -0.15) is 0 Å². The summed E-state index contributed by atoms with van der Waals surface area (Å²) in [5, 5.41) is 6.00. The summed E-state index contributed by atoms with van der Waals surface area (Å²) in [7, 11) is 0. The third kappa shape index (κ3) is 4.75. The third-order valence-corrected chi connectivity index (χ3v) is 6.31. The number of benzene rings is 2. The molecule has 2 aliphatic rings. The lowest BCUT2D eigenvalue weighted by Crippen LogP contribution is -2.47. The first-order chi connectivity index (χ1) is 13.5. The number of nitrogens with zero attached hydrogens (tertiary/aromatic N) is 1. The maximum Gasteiger partial charge on any atom is 0.251 e. The monoisotopic (exact) mass is 395 g/mol. The summed E-state index contributed by atoms with van der Waals surface area (Å²) in [5.74, 6) is 0.670. The summed E-state index contributed by atoms with van der Waals surface area (Å²) in [6.07, 6.45) is 2.36. The maximum atomic E-state index is 12.6. The molecule has 146 valence electrons. The van der Waals surface area contributed by atoms with E-state index in [1.165, 1.54) is 26.4 Å². The van der Waals surface area contributed by atoms with Crippen molar-refractivity contribution in [2.45, 2.75) is 35.6 Å². The van der Waals surface area contributed by atoms with E-state index in [9.17, 15) is 9.59 Å². The minimum Gasteiger partial charge on any atom is -0.348 e. The first-order valence-corrected chi connectivity index (χ1v) is 10.6. The molecular weight excluding hydrogens is 370 g/mol. The molecule has 2 heterocycles. The molecule has 2 amide bonds. The van der Waals surface area contributed by atoms with Crippen molar-refractivity contribution in [3.05, 3.63) is 54.1 Å². The van der Waals surface area contributed by atoms with Gasteiger partial charge >= 0.3 is 0 Å². The molecule has 0 spiro atoms. The molecule has 1 unspecified atom stereocenters. The zero-order valence-corrected chi connectivity index (χ0v) is 16.8. The first-order valence-electron chi connectivity index (χ1n) is 9.74. The van der Waals surface area contributed by atoms with Crippen LogP contribution in [0.2, 0.25) is 0 Å². The fraction of sp³-hybridized carbons (Fsp3) is 0.364. The minimum atomic E-state index is -0.0831. The van der Waals surface area contributed by atoms with Crippen molar-refractivity contribution in [3.8, 4) is 0 Å². The summed E-state index contributed by atoms with van der Waals surface area (Å²) >= 11 is 1.60. The zero-order chi connectivity index (χ0) is 19.5. The number of amides is 2. The number of anilines is 1. The summed E-state index contributed by atoms with van der Waals surface area (Å²) in [5.41, 5.74) is 1.48. The Hall–Kier alpha value is -2.31. The summed E-state index contributed by atoms with van der Waals surface area (Å²) < 4.78 is 0. The van der Waals surface area contributed by atoms with Crippen LogP contribution in [-0.4, -0.2) is 42.4 Å². The number of hydrogen-bond donors (Lipinski definition) is 2. The molecule has 4 rings (SSSR count). The molecule has 2 aromatic rings. The van der Waals surface area contributed by atoms with E-state index >= 15 is 0 Å². The number of piperidine rings is 1. The Balaban J connectivity index is 1.36. The summed E-state index contributed by atoms with van der Waals surface area (Å²) in [4.78, 5) is 28.3. The molecule has 2 aliphatic heterocycles. The van der Waals surface area contributed by atoms with Crippen LogP contribution in [0.1, 0.15) is 30.1 Å². The van der Waals surface area contributed by atoms with Crippen LogP contribution < -0.4 is 10.6 Å². The second-order valence-corrected chi connectivity index (χ2v) is 8.80. The van der Waals surface area contributed by atoms with E-state index < -0.39 is 0 Å². The molecule has 28 heavy (non-hydrogen) atoms. The predicted molar refractivity (Wildman–Crippen MR) is 112 cm³/mol.